The van der Waals surface area contributed by atoms with Gasteiger partial charge in [-0.2, -0.15) is 0 Å². The molecule has 2 aliphatic heterocycles. The summed E-state index contributed by atoms with van der Waals surface area (Å²) >= 11 is 0. The lowest BCUT2D eigenvalue weighted by Crippen LogP contribution is -2.34. The fraction of sp³-hybridized carbons (Fsp3) is 0.500. The number of hydrogen-bond donors (Lipinski definition) is 1. The Morgan fingerprint density at radius 3 is 2.41 bits per heavy atom. The summed E-state index contributed by atoms with van der Waals surface area (Å²) in [5.41, 5.74) is 11.0. The predicted molar refractivity (Wildman–Crippen MR) is 148 cm³/mol. The highest BCUT2D eigenvalue weighted by Gasteiger charge is 2.23. The van der Waals surface area contributed by atoms with Crippen molar-refractivity contribution in [1.29, 1.82) is 0 Å². The van der Waals surface area contributed by atoms with Crippen LogP contribution in [0.25, 0.3) is 5.57 Å². The van der Waals surface area contributed by atoms with Gasteiger partial charge in [-0.3, -0.25) is 4.90 Å². The van der Waals surface area contributed by atoms with E-state index in [0.717, 1.165) is 43.6 Å². The largest absolute Gasteiger partial charge is 0.363 e. The summed E-state index contributed by atoms with van der Waals surface area (Å²) in [5.74, 6) is 1.21. The zero-order valence-electron chi connectivity index (χ0n) is 21.6. The molecule has 2 saturated heterocycles. The minimum Gasteiger partial charge on any atom is -0.363 e. The highest BCUT2D eigenvalue weighted by Crippen LogP contribution is 2.34. The van der Waals surface area contributed by atoms with Crippen molar-refractivity contribution in [3.63, 3.8) is 0 Å². The maximum absolute atomic E-state index is 4.27. The SMILES string of the molecule is C=C1CCC(CCc2cc(C3CCN(CC4=CC=C(CC)CC4)CC3)ccc2C(=C)C)C(=C)N1. The molecule has 1 aliphatic carbocycles. The molecule has 0 bridgehead atoms. The third-order valence-corrected chi connectivity index (χ3v) is 8.24. The summed E-state index contributed by atoms with van der Waals surface area (Å²) in [6, 6.07) is 7.21. The number of rotatable bonds is 8. The van der Waals surface area contributed by atoms with Crippen molar-refractivity contribution in [2.24, 2.45) is 5.92 Å². The molecule has 2 nitrogen and oxygen atoms in total. The highest BCUT2D eigenvalue weighted by molar-refractivity contribution is 5.65. The van der Waals surface area contributed by atoms with E-state index in [4.69, 9.17) is 0 Å². The minimum atomic E-state index is 0.535. The first-order chi connectivity index (χ1) is 16.4. The van der Waals surface area contributed by atoms with Gasteiger partial charge in [-0.25, -0.2) is 0 Å². The highest BCUT2D eigenvalue weighted by atomic mass is 15.1. The number of piperidine rings is 2. The summed E-state index contributed by atoms with van der Waals surface area (Å²) in [4.78, 5) is 2.67. The Morgan fingerprint density at radius 2 is 1.76 bits per heavy atom. The fourth-order valence-electron chi connectivity index (χ4n) is 5.91. The lowest BCUT2D eigenvalue weighted by Gasteiger charge is -2.33. The zero-order chi connectivity index (χ0) is 24.1. The van der Waals surface area contributed by atoms with Gasteiger partial charge in [0.2, 0.25) is 0 Å². The third-order valence-electron chi connectivity index (χ3n) is 8.24. The molecule has 1 aromatic carbocycles. The van der Waals surface area contributed by atoms with Crippen molar-refractivity contribution in [2.45, 2.75) is 77.6 Å². The van der Waals surface area contributed by atoms with Crippen molar-refractivity contribution in [3.05, 3.63) is 89.3 Å². The molecular formula is C32H44N2. The fourth-order valence-corrected chi connectivity index (χ4v) is 5.91. The molecular weight excluding hydrogens is 412 g/mol. The maximum atomic E-state index is 4.27. The number of aryl methyl sites for hydroxylation is 1. The second-order valence-corrected chi connectivity index (χ2v) is 10.8. The molecule has 0 radical (unpaired) electrons. The van der Waals surface area contributed by atoms with Crippen molar-refractivity contribution in [2.75, 3.05) is 19.6 Å². The van der Waals surface area contributed by atoms with Gasteiger partial charge in [-0.15, -0.1) is 0 Å². The van der Waals surface area contributed by atoms with Crippen molar-refractivity contribution in [1.82, 2.24) is 10.2 Å². The van der Waals surface area contributed by atoms with E-state index in [1.54, 1.807) is 11.1 Å². The van der Waals surface area contributed by atoms with E-state index in [1.807, 2.05) is 0 Å². The lowest BCUT2D eigenvalue weighted by atomic mass is 9.84. The molecule has 3 aliphatic rings. The van der Waals surface area contributed by atoms with Gasteiger partial charge in [-0.05, 0) is 106 Å². The Balaban J connectivity index is 1.36. The van der Waals surface area contributed by atoms with Crippen LogP contribution in [0.3, 0.4) is 0 Å². The summed E-state index contributed by atoms with van der Waals surface area (Å²) in [6.45, 7) is 20.6. The van der Waals surface area contributed by atoms with E-state index in [2.05, 4.69) is 74.2 Å². The molecule has 4 rings (SSSR count). The summed E-state index contributed by atoms with van der Waals surface area (Å²) < 4.78 is 0. The standard InChI is InChI=1S/C32H44N2/c1-6-26-8-10-27(11-9-26)22-34-19-17-29(18-20-34)30-15-16-32(23(2)3)31(21-30)14-13-28-12-7-24(4)33-25(28)5/h8,10,15-16,21,28-29,33H,2,4-7,9,11-14,17-20,22H2,1,3H3. The molecule has 2 fully saturated rings. The van der Waals surface area contributed by atoms with Crippen molar-refractivity contribution in [3.8, 4) is 0 Å². The summed E-state index contributed by atoms with van der Waals surface area (Å²) in [6.07, 6.45) is 15.5. The van der Waals surface area contributed by atoms with Crippen LogP contribution in [0, 0.1) is 5.92 Å². The number of nitrogens with one attached hydrogen (secondary N) is 1. The zero-order valence-corrected chi connectivity index (χ0v) is 21.6. The first kappa shape index (κ1) is 24.8. The number of benzene rings is 1. The summed E-state index contributed by atoms with van der Waals surface area (Å²) in [7, 11) is 0. The van der Waals surface area contributed by atoms with Crippen LogP contribution in [-0.2, 0) is 6.42 Å². The van der Waals surface area contributed by atoms with Crippen LogP contribution in [0.4, 0.5) is 0 Å². The van der Waals surface area contributed by atoms with Gasteiger partial charge in [0.15, 0.2) is 0 Å². The average Bonchev–Trinajstić information content (AvgIpc) is 2.84. The number of nitrogens with zero attached hydrogens (tertiary/aromatic N) is 1. The monoisotopic (exact) mass is 456 g/mol. The van der Waals surface area contributed by atoms with Crippen molar-refractivity contribution < 1.29 is 0 Å². The van der Waals surface area contributed by atoms with Gasteiger partial charge in [0, 0.05) is 17.9 Å². The quantitative estimate of drug-likeness (QED) is 0.427. The molecule has 182 valence electrons. The Kier molecular flexibility index (Phi) is 8.32. The Hall–Kier alpha value is -2.32. The third kappa shape index (κ3) is 6.21. The molecule has 34 heavy (non-hydrogen) atoms. The van der Waals surface area contributed by atoms with Crippen LogP contribution in [-0.4, -0.2) is 24.5 Å². The van der Waals surface area contributed by atoms with Crippen LogP contribution in [0.1, 0.15) is 87.8 Å². The van der Waals surface area contributed by atoms with Crippen LogP contribution >= 0.6 is 0 Å². The Morgan fingerprint density at radius 1 is 1.03 bits per heavy atom. The number of hydrogen-bond acceptors (Lipinski definition) is 2. The Labute approximate surface area is 208 Å². The first-order valence-electron chi connectivity index (χ1n) is 13.4. The molecule has 0 saturated carbocycles. The molecule has 0 spiro atoms. The van der Waals surface area contributed by atoms with Gasteiger partial charge in [0.1, 0.15) is 0 Å². The molecule has 1 atom stereocenters. The molecule has 0 aromatic heterocycles. The van der Waals surface area contributed by atoms with Gasteiger partial charge in [0.25, 0.3) is 0 Å². The number of allylic oxidation sites excluding steroid dienone is 6. The van der Waals surface area contributed by atoms with E-state index in [9.17, 15) is 0 Å². The molecule has 1 aromatic rings. The molecule has 1 N–H and O–H groups in total. The van der Waals surface area contributed by atoms with Crippen molar-refractivity contribution >= 4 is 5.57 Å². The van der Waals surface area contributed by atoms with Gasteiger partial charge in [0.05, 0.1) is 0 Å². The topological polar surface area (TPSA) is 15.3 Å². The molecule has 2 heterocycles. The summed E-state index contributed by atoms with van der Waals surface area (Å²) in [5, 5.41) is 3.39. The second kappa shape index (κ2) is 11.4. The van der Waals surface area contributed by atoms with E-state index in [-0.39, 0.29) is 0 Å². The predicted octanol–water partition coefficient (Wildman–Crippen LogP) is 7.92. The molecule has 2 heteroatoms. The van der Waals surface area contributed by atoms with Crippen LogP contribution in [0.15, 0.2) is 72.6 Å². The molecule has 0 amide bonds. The van der Waals surface area contributed by atoms with Gasteiger partial charge >= 0.3 is 0 Å². The molecule has 1 unspecified atom stereocenters. The van der Waals surface area contributed by atoms with E-state index < -0.39 is 0 Å². The smallest absolute Gasteiger partial charge is 0.0196 e. The maximum Gasteiger partial charge on any atom is 0.0196 e. The van der Waals surface area contributed by atoms with Gasteiger partial charge < -0.3 is 5.32 Å². The van der Waals surface area contributed by atoms with Gasteiger partial charge in [-0.1, -0.05) is 73.7 Å². The van der Waals surface area contributed by atoms with E-state index in [0.29, 0.717) is 11.8 Å². The minimum absolute atomic E-state index is 0.535. The first-order valence-corrected chi connectivity index (χ1v) is 13.4. The lowest BCUT2D eigenvalue weighted by molar-refractivity contribution is 0.226. The van der Waals surface area contributed by atoms with Crippen LogP contribution < -0.4 is 5.32 Å². The Bertz CT molecular complexity index is 984. The second-order valence-electron chi connectivity index (χ2n) is 10.8. The average molecular weight is 457 g/mol. The van der Waals surface area contributed by atoms with Crippen LogP contribution in [0.5, 0.6) is 0 Å². The van der Waals surface area contributed by atoms with E-state index >= 15 is 0 Å². The van der Waals surface area contributed by atoms with Crippen LogP contribution in [0.2, 0.25) is 0 Å². The normalized spacial score (nSPS) is 22.2. The number of likely N-dealkylation sites (tertiary alicyclic amines) is 1. The van der Waals surface area contributed by atoms with E-state index in [1.165, 1.54) is 67.5 Å².